The van der Waals surface area contributed by atoms with Gasteiger partial charge in [-0.15, -0.1) is 0 Å². The number of hydrogen-bond acceptors (Lipinski definition) is 3. The van der Waals surface area contributed by atoms with Gasteiger partial charge >= 0.3 is 6.09 Å². The molecule has 6 nitrogen and oxygen atoms in total. The zero-order valence-electron chi connectivity index (χ0n) is 14.6. The van der Waals surface area contributed by atoms with Crippen LogP contribution < -0.4 is 0 Å². The molecule has 1 unspecified atom stereocenters. The number of hydrogen-bond donors (Lipinski definition) is 1. The predicted molar refractivity (Wildman–Crippen MR) is 95.9 cm³/mol. The average Bonchev–Trinajstić information content (AvgIpc) is 2.90. The van der Waals surface area contributed by atoms with Gasteiger partial charge in [0.15, 0.2) is 0 Å². The highest BCUT2D eigenvalue weighted by molar-refractivity contribution is 6.21. The summed E-state index contributed by atoms with van der Waals surface area (Å²) >= 11 is 0. The van der Waals surface area contributed by atoms with Crippen molar-refractivity contribution in [1.82, 2.24) is 9.80 Å². The Balaban J connectivity index is 1.84. The van der Waals surface area contributed by atoms with Gasteiger partial charge in [-0.1, -0.05) is 42.5 Å². The lowest BCUT2D eigenvalue weighted by Gasteiger charge is -2.35. The lowest BCUT2D eigenvalue weighted by molar-refractivity contribution is 0.0468. The van der Waals surface area contributed by atoms with Crippen LogP contribution in [-0.2, 0) is 6.54 Å². The lowest BCUT2D eigenvalue weighted by Crippen LogP contribution is -2.52. The molecule has 1 heterocycles. The van der Waals surface area contributed by atoms with Crippen molar-refractivity contribution < 1.29 is 19.5 Å². The van der Waals surface area contributed by atoms with E-state index in [1.54, 1.807) is 38.1 Å². The molecule has 2 aromatic carbocycles. The van der Waals surface area contributed by atoms with Crippen LogP contribution in [-0.4, -0.2) is 44.9 Å². The van der Waals surface area contributed by atoms with E-state index in [-0.39, 0.29) is 18.4 Å². The van der Waals surface area contributed by atoms with Gasteiger partial charge in [0, 0.05) is 6.54 Å². The SMILES string of the molecule is CC([C@@H](C)N(Cc1ccccc1)C(=O)O)N1C(=O)c2ccccc2C1=O. The maximum atomic E-state index is 12.6. The largest absolute Gasteiger partial charge is 0.465 e. The summed E-state index contributed by atoms with van der Waals surface area (Å²) in [5.41, 5.74) is 1.57. The van der Waals surface area contributed by atoms with E-state index in [1.807, 2.05) is 30.3 Å². The molecule has 0 aromatic heterocycles. The topological polar surface area (TPSA) is 77.9 Å². The zero-order valence-corrected chi connectivity index (χ0v) is 14.6. The van der Waals surface area contributed by atoms with Crippen LogP contribution in [0.1, 0.15) is 40.1 Å². The van der Waals surface area contributed by atoms with Gasteiger partial charge in [0.05, 0.1) is 23.2 Å². The second kappa shape index (κ2) is 7.00. The summed E-state index contributed by atoms with van der Waals surface area (Å²) in [7, 11) is 0. The first-order valence-electron chi connectivity index (χ1n) is 8.42. The summed E-state index contributed by atoms with van der Waals surface area (Å²) in [6, 6.07) is 14.7. The Labute approximate surface area is 151 Å². The molecule has 0 aliphatic carbocycles. The van der Waals surface area contributed by atoms with Gasteiger partial charge in [0.1, 0.15) is 0 Å². The summed E-state index contributed by atoms with van der Waals surface area (Å²) in [6.45, 7) is 3.60. The standard InChI is InChI=1S/C20H20N2O4/c1-13(21(20(25)26)12-15-8-4-3-5-9-15)14(2)22-18(23)16-10-6-7-11-17(16)19(22)24/h3-11,13-14H,12H2,1-2H3,(H,25,26)/t13-,14?/m1/s1. The number of carboxylic acid groups (broad SMARTS) is 1. The third-order valence-electron chi connectivity index (χ3n) is 4.86. The van der Waals surface area contributed by atoms with Gasteiger partial charge in [0.2, 0.25) is 0 Å². The minimum Gasteiger partial charge on any atom is -0.465 e. The van der Waals surface area contributed by atoms with Crippen LogP contribution in [0.2, 0.25) is 0 Å². The lowest BCUT2D eigenvalue weighted by atomic mass is 10.1. The fourth-order valence-corrected chi connectivity index (χ4v) is 3.22. The Morgan fingerprint density at radius 3 is 1.96 bits per heavy atom. The summed E-state index contributed by atoms with van der Waals surface area (Å²) in [6.07, 6.45) is -1.09. The third kappa shape index (κ3) is 3.06. The van der Waals surface area contributed by atoms with Gasteiger partial charge in [0.25, 0.3) is 11.8 Å². The number of nitrogens with zero attached hydrogens (tertiary/aromatic N) is 2. The Morgan fingerprint density at radius 1 is 0.962 bits per heavy atom. The van der Waals surface area contributed by atoms with Crippen LogP contribution in [0.15, 0.2) is 54.6 Å². The van der Waals surface area contributed by atoms with Gasteiger partial charge in [-0.3, -0.25) is 19.4 Å². The molecule has 1 aliphatic heterocycles. The monoisotopic (exact) mass is 352 g/mol. The first kappa shape index (κ1) is 17.7. The van der Waals surface area contributed by atoms with Crippen LogP contribution >= 0.6 is 0 Å². The first-order valence-corrected chi connectivity index (χ1v) is 8.42. The summed E-state index contributed by atoms with van der Waals surface area (Å²) in [4.78, 5) is 39.5. The van der Waals surface area contributed by atoms with E-state index in [4.69, 9.17) is 0 Å². The van der Waals surface area contributed by atoms with E-state index in [9.17, 15) is 19.5 Å². The highest BCUT2D eigenvalue weighted by Gasteiger charge is 2.41. The van der Waals surface area contributed by atoms with Gasteiger partial charge in [-0.25, -0.2) is 4.79 Å². The number of benzene rings is 2. The minimum absolute atomic E-state index is 0.185. The Morgan fingerprint density at radius 2 is 1.46 bits per heavy atom. The van der Waals surface area contributed by atoms with E-state index in [1.165, 1.54) is 4.90 Å². The normalized spacial score (nSPS) is 15.5. The van der Waals surface area contributed by atoms with Gasteiger partial charge in [-0.2, -0.15) is 0 Å². The fraction of sp³-hybridized carbons (Fsp3) is 0.250. The molecule has 0 radical (unpaired) electrons. The van der Waals surface area contributed by atoms with Crippen molar-refractivity contribution in [3.05, 3.63) is 71.3 Å². The van der Waals surface area contributed by atoms with Crippen LogP contribution in [0, 0.1) is 0 Å². The highest BCUT2D eigenvalue weighted by atomic mass is 16.4. The van der Waals surface area contributed by atoms with Crippen LogP contribution in [0.25, 0.3) is 0 Å². The molecule has 3 rings (SSSR count). The maximum absolute atomic E-state index is 12.6. The third-order valence-corrected chi connectivity index (χ3v) is 4.86. The molecule has 0 fully saturated rings. The number of rotatable bonds is 5. The molecule has 0 saturated carbocycles. The van der Waals surface area contributed by atoms with Crippen molar-refractivity contribution >= 4 is 17.9 Å². The summed E-state index contributed by atoms with van der Waals surface area (Å²) in [5, 5.41) is 9.64. The fourth-order valence-electron chi connectivity index (χ4n) is 3.22. The molecular weight excluding hydrogens is 332 g/mol. The molecule has 0 spiro atoms. The summed E-state index contributed by atoms with van der Waals surface area (Å²) in [5.74, 6) is -0.759. The van der Waals surface area contributed by atoms with Crippen molar-refractivity contribution in [2.45, 2.75) is 32.5 Å². The molecule has 0 saturated heterocycles. The number of carbonyl (C=O) groups is 3. The first-order chi connectivity index (χ1) is 12.4. The number of fused-ring (bicyclic) bond motifs is 1. The summed E-state index contributed by atoms with van der Waals surface area (Å²) < 4.78 is 0. The Bertz CT molecular complexity index is 815. The van der Waals surface area contributed by atoms with Crippen LogP contribution in [0.3, 0.4) is 0 Å². The van der Waals surface area contributed by atoms with E-state index < -0.39 is 18.2 Å². The van der Waals surface area contributed by atoms with E-state index >= 15 is 0 Å². The molecule has 3 amide bonds. The highest BCUT2D eigenvalue weighted by Crippen LogP contribution is 2.27. The molecule has 1 N–H and O–H groups in total. The van der Waals surface area contributed by atoms with Crippen molar-refractivity contribution in [2.75, 3.05) is 0 Å². The molecule has 26 heavy (non-hydrogen) atoms. The van der Waals surface area contributed by atoms with Crippen LogP contribution in [0.5, 0.6) is 0 Å². The van der Waals surface area contributed by atoms with Crippen LogP contribution in [0.4, 0.5) is 4.79 Å². The van der Waals surface area contributed by atoms with Crippen molar-refractivity contribution in [3.63, 3.8) is 0 Å². The quantitative estimate of drug-likeness (QED) is 0.838. The second-order valence-electron chi connectivity index (χ2n) is 6.40. The Hall–Kier alpha value is -3.15. The number of carbonyl (C=O) groups excluding carboxylic acids is 2. The predicted octanol–water partition coefficient (Wildman–Crippen LogP) is 3.24. The maximum Gasteiger partial charge on any atom is 0.407 e. The molecule has 6 heteroatoms. The second-order valence-corrected chi connectivity index (χ2v) is 6.40. The number of amides is 3. The average molecular weight is 352 g/mol. The van der Waals surface area contributed by atoms with E-state index in [0.29, 0.717) is 11.1 Å². The van der Waals surface area contributed by atoms with Crippen molar-refractivity contribution in [2.24, 2.45) is 0 Å². The molecular formula is C20H20N2O4. The van der Waals surface area contributed by atoms with Crippen molar-refractivity contribution in [1.29, 1.82) is 0 Å². The van der Waals surface area contributed by atoms with E-state index in [2.05, 4.69) is 0 Å². The molecule has 2 aromatic rings. The van der Waals surface area contributed by atoms with Gasteiger partial charge in [-0.05, 0) is 31.5 Å². The van der Waals surface area contributed by atoms with Gasteiger partial charge < -0.3 is 5.11 Å². The molecule has 1 aliphatic rings. The van der Waals surface area contributed by atoms with E-state index in [0.717, 1.165) is 10.5 Å². The number of imide groups is 1. The van der Waals surface area contributed by atoms with Crippen molar-refractivity contribution in [3.8, 4) is 0 Å². The zero-order chi connectivity index (χ0) is 18.8. The minimum atomic E-state index is -1.09. The molecule has 134 valence electrons. The molecule has 0 bridgehead atoms. The Kier molecular flexibility index (Phi) is 4.75. The molecule has 2 atom stereocenters. The smallest absolute Gasteiger partial charge is 0.407 e.